The van der Waals surface area contributed by atoms with Crippen molar-refractivity contribution in [3.8, 4) is 11.6 Å². The van der Waals surface area contributed by atoms with Crippen molar-refractivity contribution >= 4 is 0 Å². The van der Waals surface area contributed by atoms with Gasteiger partial charge in [0.1, 0.15) is 12.4 Å². The molecular formula is C16H20N2O2. The van der Waals surface area contributed by atoms with Gasteiger partial charge >= 0.3 is 0 Å². The number of methoxy groups -OCH3 is 1. The minimum absolute atomic E-state index is 0.279. The van der Waals surface area contributed by atoms with Gasteiger partial charge < -0.3 is 14.8 Å². The summed E-state index contributed by atoms with van der Waals surface area (Å²) >= 11 is 0. The minimum atomic E-state index is 0.279. The molecule has 0 saturated heterocycles. The molecule has 4 nitrogen and oxygen atoms in total. The van der Waals surface area contributed by atoms with Gasteiger partial charge in [-0.25, -0.2) is 4.98 Å². The summed E-state index contributed by atoms with van der Waals surface area (Å²) in [7, 11) is 3.59. The summed E-state index contributed by atoms with van der Waals surface area (Å²) in [5, 5.41) is 3.20. The van der Waals surface area contributed by atoms with Gasteiger partial charge in [-0.2, -0.15) is 0 Å². The zero-order valence-electron chi connectivity index (χ0n) is 12.1. The largest absolute Gasteiger partial charge is 0.497 e. The molecule has 0 aliphatic heterocycles. The number of hydrogen-bond donors (Lipinski definition) is 1. The van der Waals surface area contributed by atoms with E-state index in [9.17, 15) is 0 Å². The van der Waals surface area contributed by atoms with Crippen molar-refractivity contribution < 1.29 is 9.47 Å². The minimum Gasteiger partial charge on any atom is -0.497 e. The van der Waals surface area contributed by atoms with E-state index in [4.69, 9.17) is 9.47 Å². The average Bonchev–Trinajstić information content (AvgIpc) is 2.53. The molecule has 0 bridgehead atoms. The molecule has 1 atom stereocenters. The first-order valence-corrected chi connectivity index (χ1v) is 6.62. The number of ether oxygens (including phenoxy) is 2. The van der Waals surface area contributed by atoms with Crippen LogP contribution in [-0.4, -0.2) is 19.1 Å². The van der Waals surface area contributed by atoms with E-state index >= 15 is 0 Å². The van der Waals surface area contributed by atoms with Crippen molar-refractivity contribution in [3.63, 3.8) is 0 Å². The Labute approximate surface area is 119 Å². The fourth-order valence-corrected chi connectivity index (χ4v) is 1.82. The first-order chi connectivity index (χ1) is 9.72. The van der Waals surface area contributed by atoms with Crippen LogP contribution in [0.15, 0.2) is 42.6 Å². The van der Waals surface area contributed by atoms with E-state index in [0.717, 1.165) is 16.9 Å². The molecule has 1 N–H and O–H groups in total. The van der Waals surface area contributed by atoms with Crippen LogP contribution in [-0.2, 0) is 6.61 Å². The molecule has 0 spiro atoms. The second-order valence-corrected chi connectivity index (χ2v) is 4.57. The smallest absolute Gasteiger partial charge is 0.213 e. The van der Waals surface area contributed by atoms with Gasteiger partial charge in [-0.05, 0) is 43.3 Å². The number of hydrogen-bond acceptors (Lipinski definition) is 4. The van der Waals surface area contributed by atoms with Gasteiger partial charge in [0, 0.05) is 18.3 Å². The van der Waals surface area contributed by atoms with Gasteiger partial charge in [-0.1, -0.05) is 12.1 Å². The fraction of sp³-hybridized carbons (Fsp3) is 0.312. The van der Waals surface area contributed by atoms with Crippen LogP contribution in [0.3, 0.4) is 0 Å². The highest BCUT2D eigenvalue weighted by Gasteiger charge is 2.05. The highest BCUT2D eigenvalue weighted by molar-refractivity contribution is 5.27. The Bertz CT molecular complexity index is 540. The van der Waals surface area contributed by atoms with E-state index in [1.54, 1.807) is 13.3 Å². The average molecular weight is 272 g/mol. The van der Waals surface area contributed by atoms with E-state index in [0.29, 0.717) is 12.5 Å². The molecule has 1 aromatic heterocycles. The molecule has 0 amide bonds. The predicted octanol–water partition coefficient (Wildman–Crippen LogP) is 2.95. The predicted molar refractivity (Wildman–Crippen MR) is 79.0 cm³/mol. The lowest BCUT2D eigenvalue weighted by atomic mass is 10.1. The van der Waals surface area contributed by atoms with Crippen LogP contribution in [0.4, 0.5) is 0 Å². The quantitative estimate of drug-likeness (QED) is 0.878. The van der Waals surface area contributed by atoms with Crippen molar-refractivity contribution in [1.82, 2.24) is 10.3 Å². The zero-order valence-corrected chi connectivity index (χ0v) is 12.1. The lowest BCUT2D eigenvalue weighted by Gasteiger charge is -2.12. The number of rotatable bonds is 6. The van der Waals surface area contributed by atoms with Crippen LogP contribution in [0.1, 0.15) is 24.1 Å². The zero-order chi connectivity index (χ0) is 14.4. The van der Waals surface area contributed by atoms with Crippen molar-refractivity contribution in [3.05, 3.63) is 53.7 Å². The molecular weight excluding hydrogens is 252 g/mol. The molecule has 1 aromatic carbocycles. The van der Waals surface area contributed by atoms with Crippen molar-refractivity contribution in [2.75, 3.05) is 14.2 Å². The maximum absolute atomic E-state index is 5.72. The molecule has 0 radical (unpaired) electrons. The Morgan fingerprint density at radius 2 is 1.95 bits per heavy atom. The van der Waals surface area contributed by atoms with Gasteiger partial charge in [0.2, 0.25) is 5.88 Å². The molecule has 20 heavy (non-hydrogen) atoms. The molecule has 2 rings (SSSR count). The van der Waals surface area contributed by atoms with E-state index in [-0.39, 0.29) is 6.04 Å². The molecule has 0 aliphatic carbocycles. The molecule has 0 aliphatic rings. The maximum Gasteiger partial charge on any atom is 0.213 e. The molecule has 4 heteroatoms. The van der Waals surface area contributed by atoms with E-state index in [1.807, 2.05) is 43.4 Å². The standard InChI is InChI=1S/C16H20N2O2/c1-12(17-2)14-8-9-18-16(10-14)20-11-13-4-6-15(19-3)7-5-13/h4-10,12,17H,11H2,1-3H3. The van der Waals surface area contributed by atoms with Crippen LogP contribution < -0.4 is 14.8 Å². The summed E-state index contributed by atoms with van der Waals surface area (Å²) in [4.78, 5) is 4.23. The molecule has 1 unspecified atom stereocenters. The van der Waals surface area contributed by atoms with Crippen LogP contribution in [0.2, 0.25) is 0 Å². The number of nitrogens with one attached hydrogen (secondary N) is 1. The molecule has 1 heterocycles. The third kappa shape index (κ3) is 3.71. The van der Waals surface area contributed by atoms with Crippen LogP contribution in [0, 0.1) is 0 Å². The van der Waals surface area contributed by atoms with Gasteiger partial charge in [0.25, 0.3) is 0 Å². The Morgan fingerprint density at radius 3 is 2.60 bits per heavy atom. The summed E-state index contributed by atoms with van der Waals surface area (Å²) in [5.41, 5.74) is 2.24. The molecule has 0 saturated carbocycles. The summed E-state index contributed by atoms with van der Waals surface area (Å²) < 4.78 is 10.8. The summed E-state index contributed by atoms with van der Waals surface area (Å²) in [6, 6.07) is 12.0. The first-order valence-electron chi connectivity index (χ1n) is 6.62. The Balaban J connectivity index is 1.99. The number of aromatic nitrogens is 1. The third-order valence-electron chi connectivity index (χ3n) is 3.24. The van der Waals surface area contributed by atoms with Gasteiger partial charge in [-0.15, -0.1) is 0 Å². The summed E-state index contributed by atoms with van der Waals surface area (Å²) in [6.07, 6.45) is 1.77. The second kappa shape index (κ2) is 6.91. The van der Waals surface area contributed by atoms with Gasteiger partial charge in [0.05, 0.1) is 7.11 Å². The fourth-order valence-electron chi connectivity index (χ4n) is 1.82. The third-order valence-corrected chi connectivity index (χ3v) is 3.24. The van der Waals surface area contributed by atoms with Crippen LogP contribution in [0.5, 0.6) is 11.6 Å². The van der Waals surface area contributed by atoms with E-state index < -0.39 is 0 Å². The Hall–Kier alpha value is -2.07. The Kier molecular flexibility index (Phi) is 4.96. The molecule has 0 fully saturated rings. The number of pyridine rings is 1. The van der Waals surface area contributed by atoms with E-state index in [2.05, 4.69) is 17.2 Å². The van der Waals surface area contributed by atoms with Crippen LogP contribution in [0.25, 0.3) is 0 Å². The summed E-state index contributed by atoms with van der Waals surface area (Å²) in [6.45, 7) is 2.59. The summed E-state index contributed by atoms with van der Waals surface area (Å²) in [5.74, 6) is 1.48. The van der Waals surface area contributed by atoms with Crippen molar-refractivity contribution in [2.45, 2.75) is 19.6 Å². The monoisotopic (exact) mass is 272 g/mol. The van der Waals surface area contributed by atoms with Gasteiger partial charge in [0.15, 0.2) is 0 Å². The SMILES string of the molecule is CNC(C)c1ccnc(OCc2ccc(OC)cc2)c1. The first kappa shape index (κ1) is 14.3. The number of nitrogens with zero attached hydrogens (tertiary/aromatic N) is 1. The Morgan fingerprint density at radius 1 is 1.20 bits per heavy atom. The molecule has 2 aromatic rings. The highest BCUT2D eigenvalue weighted by Crippen LogP contribution is 2.18. The second-order valence-electron chi connectivity index (χ2n) is 4.57. The topological polar surface area (TPSA) is 43.4 Å². The molecule has 106 valence electrons. The maximum atomic E-state index is 5.72. The highest BCUT2D eigenvalue weighted by atomic mass is 16.5. The number of benzene rings is 1. The lowest BCUT2D eigenvalue weighted by molar-refractivity contribution is 0.293. The van der Waals surface area contributed by atoms with Crippen molar-refractivity contribution in [2.24, 2.45) is 0 Å². The van der Waals surface area contributed by atoms with Crippen molar-refractivity contribution in [1.29, 1.82) is 0 Å². The lowest BCUT2D eigenvalue weighted by Crippen LogP contribution is -2.12. The van der Waals surface area contributed by atoms with E-state index in [1.165, 1.54) is 0 Å². The van der Waals surface area contributed by atoms with Gasteiger partial charge in [-0.3, -0.25) is 0 Å². The van der Waals surface area contributed by atoms with Crippen LogP contribution >= 0.6 is 0 Å². The normalized spacial score (nSPS) is 11.9.